The van der Waals surface area contributed by atoms with E-state index in [1.54, 1.807) is 6.20 Å². The minimum atomic E-state index is -0.125. The Hall–Kier alpha value is -8.06. The van der Waals surface area contributed by atoms with Crippen molar-refractivity contribution in [3.63, 3.8) is 0 Å². The van der Waals surface area contributed by atoms with Crippen molar-refractivity contribution >= 4 is 117 Å². The van der Waals surface area contributed by atoms with Gasteiger partial charge in [-0.2, -0.15) is 6.07 Å². The molecule has 2 aliphatic heterocycles. The summed E-state index contributed by atoms with van der Waals surface area (Å²) >= 11 is 0. The fraction of sp³-hybridized carbons (Fsp3) is 0.207. The normalized spacial score (nSPS) is 11.6. The van der Waals surface area contributed by atoms with Crippen LogP contribution >= 0.6 is 0 Å². The summed E-state index contributed by atoms with van der Waals surface area (Å²) in [4.78, 5) is 36.7. The number of aromatic nitrogens is 10. The molecule has 6 aromatic carbocycles. The van der Waals surface area contributed by atoms with Crippen molar-refractivity contribution in [2.45, 2.75) is 120 Å². The number of hydrogen-bond donors (Lipinski definition) is 1. The number of allylic oxidation sites excluding steroid dienone is 2. The van der Waals surface area contributed by atoms with E-state index in [1.807, 2.05) is 79.6 Å². The number of benzene rings is 6. The maximum Gasteiger partial charge on any atom is 0.182 e. The molecule has 543 valence electrons. The van der Waals surface area contributed by atoms with Crippen molar-refractivity contribution in [1.29, 1.82) is 0 Å². The van der Waals surface area contributed by atoms with E-state index in [-0.39, 0.29) is 119 Å². The molecule has 0 aliphatic carbocycles. The second-order valence-corrected chi connectivity index (χ2v) is 25.9. The zero-order chi connectivity index (χ0) is 69.6. The van der Waals surface area contributed by atoms with Crippen LogP contribution in [0.4, 0.5) is 0 Å². The van der Waals surface area contributed by atoms with Gasteiger partial charge in [0.25, 0.3) is 0 Å². The molecule has 0 atom stereocenters. The number of aryl methyl sites for hydroxylation is 6. The summed E-state index contributed by atoms with van der Waals surface area (Å²) in [7, 11) is 0. The Bertz CT molecular complexity index is 5560. The predicted molar refractivity (Wildman–Crippen MR) is 412 cm³/mol. The molecule has 16 aromatic rings. The topological polar surface area (TPSA) is 134 Å². The minimum absolute atomic E-state index is 0. The van der Waals surface area contributed by atoms with Gasteiger partial charge in [-0.05, 0) is 165 Å². The van der Waals surface area contributed by atoms with Crippen LogP contribution in [0, 0.1) is 37.3 Å². The SMILES string of the molecule is CC(=O)C=C(C)O.CC(C)c1cccc(C(C)C)c1B1c2ccc[c-]c2-c2ncccc21.CCn1c2cc(-c3ccccc3)c[c-]c2c2ncccc21.CCn1c2cc(C)c[c-]c2c2ncccc21.CCn1c2cnc[c-]c2c2ncccc21.[Ir].[Ir].[Ir].[Ir].[Ir].[c-]1cccc2c1c1nccc3c1n2CCC3. The van der Waals surface area contributed by atoms with E-state index in [9.17, 15) is 4.79 Å². The molecule has 0 saturated carbocycles. The summed E-state index contributed by atoms with van der Waals surface area (Å²) in [6.45, 7) is 24.7. The Morgan fingerprint density at radius 2 is 1.05 bits per heavy atom. The molecule has 18 rings (SSSR count). The summed E-state index contributed by atoms with van der Waals surface area (Å²) in [5.41, 5.74) is 28.2. The van der Waals surface area contributed by atoms with Crippen LogP contribution in [0.25, 0.3) is 110 Å². The van der Waals surface area contributed by atoms with Crippen molar-refractivity contribution < 1.29 is 110 Å². The predicted octanol–water partition coefficient (Wildman–Crippen LogP) is 18.0. The van der Waals surface area contributed by atoms with Crippen LogP contribution in [0.3, 0.4) is 0 Å². The van der Waals surface area contributed by atoms with E-state index >= 15 is 0 Å². The summed E-state index contributed by atoms with van der Waals surface area (Å²) < 4.78 is 9.20. The van der Waals surface area contributed by atoms with Gasteiger partial charge >= 0.3 is 0 Å². The zero-order valence-electron chi connectivity index (χ0n) is 60.2. The van der Waals surface area contributed by atoms with Gasteiger partial charge in [0.1, 0.15) is 0 Å². The average molecular weight is 2270 g/mol. The van der Waals surface area contributed by atoms with E-state index in [1.165, 1.54) is 121 Å². The van der Waals surface area contributed by atoms with Gasteiger partial charge < -0.3 is 48.3 Å². The monoisotopic (exact) mass is 2270 g/mol. The third-order valence-electron chi connectivity index (χ3n) is 18.8. The van der Waals surface area contributed by atoms with Crippen molar-refractivity contribution in [2.24, 2.45) is 0 Å². The molecule has 0 bridgehead atoms. The maximum absolute atomic E-state index is 10.0. The molecule has 10 aromatic heterocycles. The Balaban J connectivity index is 0.000000162. The van der Waals surface area contributed by atoms with E-state index in [4.69, 9.17) is 10.1 Å². The molecule has 1 N–H and O–H groups in total. The number of fused-ring (bicyclic) bond motifs is 15. The Morgan fingerprint density at radius 3 is 1.64 bits per heavy atom. The van der Waals surface area contributed by atoms with Crippen LogP contribution in [-0.4, -0.2) is 65.8 Å². The van der Waals surface area contributed by atoms with Gasteiger partial charge in [0.15, 0.2) is 12.5 Å². The third kappa shape index (κ3) is 17.0. The van der Waals surface area contributed by atoms with Gasteiger partial charge in [0, 0.05) is 197 Å². The van der Waals surface area contributed by atoms with Gasteiger partial charge in [-0.3, -0.25) is 9.78 Å². The summed E-state index contributed by atoms with van der Waals surface area (Å²) in [6.07, 6.45) is 16.5. The molecule has 0 amide bonds. The molecular formula is C87H80BIr5N10O2-5. The second kappa shape index (κ2) is 37.5. The molecule has 0 saturated heterocycles. The van der Waals surface area contributed by atoms with Crippen LogP contribution in [0.2, 0.25) is 0 Å². The quantitative estimate of drug-likeness (QED) is 0.0688. The van der Waals surface area contributed by atoms with Gasteiger partial charge in [0.05, 0.1) is 5.76 Å². The van der Waals surface area contributed by atoms with Crippen LogP contribution in [0.15, 0.2) is 219 Å². The maximum atomic E-state index is 10.0. The second-order valence-electron chi connectivity index (χ2n) is 25.9. The van der Waals surface area contributed by atoms with E-state index < -0.39 is 0 Å². The molecule has 12 heterocycles. The minimum Gasteiger partial charge on any atom is -0.512 e. The van der Waals surface area contributed by atoms with Gasteiger partial charge in [-0.15, -0.1) is 107 Å². The van der Waals surface area contributed by atoms with Crippen molar-refractivity contribution in [3.05, 3.63) is 272 Å². The van der Waals surface area contributed by atoms with E-state index in [2.05, 4.69) is 250 Å². The number of hydrogen-bond acceptors (Lipinski definition) is 8. The number of nitrogens with zero attached hydrogens (tertiary/aromatic N) is 10. The molecule has 0 fully saturated rings. The van der Waals surface area contributed by atoms with E-state index in [0.717, 1.165) is 86.7 Å². The molecule has 18 heteroatoms. The number of carbonyl (C=O) groups is 1. The fourth-order valence-electron chi connectivity index (χ4n) is 14.5. The van der Waals surface area contributed by atoms with Gasteiger partial charge in [-0.1, -0.05) is 139 Å². The molecule has 12 nitrogen and oxygen atoms in total. The smallest absolute Gasteiger partial charge is 0.182 e. The Labute approximate surface area is 682 Å². The largest absolute Gasteiger partial charge is 0.512 e. The summed E-state index contributed by atoms with van der Waals surface area (Å²) in [5, 5.41) is 12.8. The van der Waals surface area contributed by atoms with Crippen LogP contribution in [-0.2, 0) is 138 Å². The number of aliphatic hydroxyl groups is 1. The number of aliphatic hydroxyl groups excluding tert-OH is 1. The summed E-state index contributed by atoms with van der Waals surface area (Å²) in [5.74, 6) is 0.920. The average Bonchev–Trinajstić information content (AvgIpc) is 1.62. The first-order valence-corrected chi connectivity index (χ1v) is 34.7. The van der Waals surface area contributed by atoms with E-state index in [0.29, 0.717) is 11.8 Å². The first kappa shape index (κ1) is 82.6. The first-order valence-electron chi connectivity index (χ1n) is 34.7. The number of carbonyl (C=O) groups excluding carboxylic acids is 1. The molecule has 0 spiro atoms. The third-order valence-corrected chi connectivity index (χ3v) is 18.8. The Morgan fingerprint density at radius 1 is 0.524 bits per heavy atom. The number of rotatable bonds is 8. The molecule has 105 heavy (non-hydrogen) atoms. The fourth-order valence-corrected chi connectivity index (χ4v) is 14.5. The molecule has 2 aliphatic rings. The van der Waals surface area contributed by atoms with Crippen LogP contribution in [0.5, 0.6) is 0 Å². The zero-order valence-corrected chi connectivity index (χ0v) is 72.2. The molecule has 5 radical (unpaired) electrons. The van der Waals surface area contributed by atoms with Crippen molar-refractivity contribution in [1.82, 2.24) is 48.2 Å². The van der Waals surface area contributed by atoms with Crippen LogP contribution in [0.1, 0.15) is 103 Å². The molecule has 0 unspecified atom stereocenters. The van der Waals surface area contributed by atoms with Crippen LogP contribution < -0.4 is 16.4 Å². The number of ketones is 1. The summed E-state index contributed by atoms with van der Waals surface area (Å²) in [6, 6.07) is 73.7. The molecular weight excluding hydrogens is 2190 g/mol. The number of pyridine rings is 6. The van der Waals surface area contributed by atoms with Crippen molar-refractivity contribution in [2.75, 3.05) is 0 Å². The van der Waals surface area contributed by atoms with Crippen molar-refractivity contribution in [3.8, 4) is 22.4 Å². The standard InChI is InChI=1S/C23H23BN.C19H15N2.C14H11N2.C14H13N2.C12H10N3.C5H8O2.5Ir/c1-15(2)17-10-7-11-18(16(3)4)22(17)24-20-12-6-5-9-19(20)23-21(24)13-8-14-25-23;1-2-21-17-9-6-12-20-19(17)16-11-10-15(13-18(16)21)14-7-4-3-5-8-14;1-2-6-12-11(5-1)13-14-10(7-8-15-13)4-3-9-16(12)14;1-3-16-12-5-4-8-15-14(12)11-7-6-10(2)9-13(11)16;1-2-15-10-4-3-6-14-12(10)9-5-7-13-8-11(9)15;1-4(6)3-5(2)7;;;;;/h5-8,10-16H,1-4H3;3-10,12-13H,2H2,1H3;1-2,6-8H,3-4,9H2;4-6,8-9H,3H2,1-2H3;3-4,6-8H,2H2,1H3;3,6H,1-2H3;;;;;/q5*-1;;;;;;. The Kier molecular flexibility index (Phi) is 29.5. The van der Waals surface area contributed by atoms with Gasteiger partial charge in [0.2, 0.25) is 0 Å². The van der Waals surface area contributed by atoms with Gasteiger partial charge in [-0.25, -0.2) is 0 Å². The first-order chi connectivity index (χ1) is 48.8.